The summed E-state index contributed by atoms with van der Waals surface area (Å²) >= 11 is 6.51. The molecule has 4 aromatic rings. The van der Waals surface area contributed by atoms with E-state index in [4.69, 9.17) is 16.3 Å². The van der Waals surface area contributed by atoms with Crippen molar-refractivity contribution in [2.24, 2.45) is 0 Å². The van der Waals surface area contributed by atoms with E-state index < -0.39 is 29.4 Å². The van der Waals surface area contributed by atoms with Crippen molar-refractivity contribution in [2.75, 3.05) is 5.32 Å². The molecule has 3 aromatic carbocycles. The summed E-state index contributed by atoms with van der Waals surface area (Å²) in [7, 11) is 0. The van der Waals surface area contributed by atoms with E-state index in [1.54, 1.807) is 49.4 Å². The Balaban J connectivity index is 1.33. The lowest BCUT2D eigenvalue weighted by Gasteiger charge is -2.15. The van der Waals surface area contributed by atoms with E-state index in [-0.39, 0.29) is 5.82 Å². The number of anilines is 1. The summed E-state index contributed by atoms with van der Waals surface area (Å²) in [5.41, 5.74) is 2.71. The number of ether oxygens (including phenoxy) is 1. The van der Waals surface area contributed by atoms with Crippen molar-refractivity contribution < 1.29 is 23.8 Å². The largest absolute Gasteiger partial charge is 0.481 e. The van der Waals surface area contributed by atoms with Crippen LogP contribution >= 0.6 is 11.6 Å². The Morgan fingerprint density at radius 3 is 2.43 bits per heavy atom. The van der Waals surface area contributed by atoms with E-state index in [9.17, 15) is 19.1 Å². The number of halogens is 2. The van der Waals surface area contributed by atoms with Crippen LogP contribution in [0, 0.1) is 5.82 Å². The number of carbonyl (C=O) groups is 2. The van der Waals surface area contributed by atoms with E-state index in [1.165, 1.54) is 4.68 Å². The molecule has 1 atom stereocenters. The average molecular weight is 520 g/mol. The van der Waals surface area contributed by atoms with E-state index >= 15 is 0 Å². The predicted molar refractivity (Wildman–Crippen MR) is 137 cm³/mol. The van der Waals surface area contributed by atoms with Gasteiger partial charge in [0, 0.05) is 10.6 Å². The molecule has 1 fully saturated rings. The molecule has 7 nitrogen and oxygen atoms in total. The molecule has 37 heavy (non-hydrogen) atoms. The van der Waals surface area contributed by atoms with Gasteiger partial charge in [0.05, 0.1) is 17.3 Å². The molecule has 1 aliphatic rings. The lowest BCUT2D eigenvalue weighted by molar-refractivity contribution is -0.140. The molecule has 0 radical (unpaired) electrons. The molecular formula is C28H23ClFN3O4. The number of rotatable bonds is 7. The number of hydrogen-bond donors (Lipinski definition) is 2. The third kappa shape index (κ3) is 4.80. The van der Waals surface area contributed by atoms with Crippen LogP contribution in [0.2, 0.25) is 5.02 Å². The summed E-state index contributed by atoms with van der Waals surface area (Å²) in [6, 6.07) is 21.5. The zero-order valence-electron chi connectivity index (χ0n) is 19.8. The number of carbonyl (C=O) groups excluding carboxylic acids is 1. The van der Waals surface area contributed by atoms with Crippen LogP contribution < -0.4 is 5.32 Å². The topological polar surface area (TPSA) is 93.5 Å². The van der Waals surface area contributed by atoms with Gasteiger partial charge in [-0.3, -0.25) is 10.1 Å². The van der Waals surface area contributed by atoms with Crippen molar-refractivity contribution in [3.8, 4) is 16.8 Å². The van der Waals surface area contributed by atoms with E-state index in [0.29, 0.717) is 29.1 Å². The van der Waals surface area contributed by atoms with Crippen LogP contribution in [0.4, 0.5) is 15.0 Å². The maximum atomic E-state index is 14.5. The normalized spacial score (nSPS) is 14.6. The van der Waals surface area contributed by atoms with E-state index in [2.05, 4.69) is 10.4 Å². The number of aliphatic carboxylic acids is 1. The standard InChI is InChI=1S/C28H23ClFN3O4/c1-17(18-5-3-2-4-6-18)37-27(36)32-25-24(30)16-31-33(25)21-10-7-19(8-11-21)22-12-9-20(15-23(22)29)28(13-14-28)26(34)35/h2-12,15-17H,13-14H2,1H3,(H,32,36)(H,34,35)/t17-/m1/s1. The third-order valence-electron chi connectivity index (χ3n) is 6.60. The Bertz CT molecular complexity index is 1470. The van der Waals surface area contributed by atoms with Crippen molar-refractivity contribution in [1.29, 1.82) is 0 Å². The highest BCUT2D eigenvalue weighted by molar-refractivity contribution is 6.33. The molecule has 2 N–H and O–H groups in total. The molecule has 1 saturated carbocycles. The van der Waals surface area contributed by atoms with Crippen molar-refractivity contribution in [3.05, 3.63) is 101 Å². The quantitative estimate of drug-likeness (QED) is 0.281. The average Bonchev–Trinajstić information content (AvgIpc) is 3.64. The lowest BCUT2D eigenvalue weighted by atomic mass is 9.93. The molecule has 9 heteroatoms. The molecule has 1 heterocycles. The van der Waals surface area contributed by atoms with Gasteiger partial charge in [0.25, 0.3) is 0 Å². The van der Waals surface area contributed by atoms with Gasteiger partial charge in [-0.1, -0.05) is 66.2 Å². The number of aromatic nitrogens is 2. The molecule has 0 saturated heterocycles. The minimum atomic E-state index is -0.838. The van der Waals surface area contributed by atoms with Crippen LogP contribution in [0.5, 0.6) is 0 Å². The second-order valence-electron chi connectivity index (χ2n) is 8.96. The van der Waals surface area contributed by atoms with Crippen LogP contribution in [-0.4, -0.2) is 26.9 Å². The highest BCUT2D eigenvalue weighted by Gasteiger charge is 2.51. The monoisotopic (exact) mass is 519 g/mol. The van der Waals surface area contributed by atoms with E-state index in [1.807, 2.05) is 30.3 Å². The van der Waals surface area contributed by atoms with Crippen molar-refractivity contribution in [1.82, 2.24) is 9.78 Å². The van der Waals surface area contributed by atoms with Crippen LogP contribution in [0.1, 0.15) is 37.0 Å². The number of amides is 1. The first-order chi connectivity index (χ1) is 17.8. The summed E-state index contributed by atoms with van der Waals surface area (Å²) in [4.78, 5) is 24.1. The summed E-state index contributed by atoms with van der Waals surface area (Å²) < 4.78 is 21.2. The number of carboxylic acids is 1. The maximum Gasteiger partial charge on any atom is 0.413 e. The van der Waals surface area contributed by atoms with Crippen LogP contribution in [0.15, 0.2) is 79.0 Å². The molecule has 1 aromatic heterocycles. The zero-order chi connectivity index (χ0) is 26.2. The number of nitrogens with zero attached hydrogens (tertiary/aromatic N) is 2. The number of carboxylic acid groups (broad SMARTS) is 1. The van der Waals surface area contributed by atoms with Gasteiger partial charge in [0.2, 0.25) is 0 Å². The summed E-state index contributed by atoms with van der Waals surface area (Å²) in [6.45, 7) is 1.73. The molecule has 0 bridgehead atoms. The summed E-state index contributed by atoms with van der Waals surface area (Å²) in [5.74, 6) is -1.70. The fraction of sp³-hybridized carbons (Fsp3) is 0.179. The predicted octanol–water partition coefficient (Wildman–Crippen LogP) is 6.76. The highest BCUT2D eigenvalue weighted by Crippen LogP contribution is 2.49. The molecule has 0 aliphatic heterocycles. The van der Waals surface area contributed by atoms with Crippen molar-refractivity contribution in [2.45, 2.75) is 31.3 Å². The highest BCUT2D eigenvalue weighted by atomic mass is 35.5. The Morgan fingerprint density at radius 2 is 1.81 bits per heavy atom. The number of nitrogens with one attached hydrogen (secondary N) is 1. The summed E-state index contributed by atoms with van der Waals surface area (Å²) in [5, 5.41) is 16.5. The van der Waals surface area contributed by atoms with Crippen LogP contribution in [0.25, 0.3) is 16.8 Å². The van der Waals surface area contributed by atoms with E-state index in [0.717, 1.165) is 22.9 Å². The Morgan fingerprint density at radius 1 is 1.11 bits per heavy atom. The molecule has 188 valence electrons. The first-order valence-electron chi connectivity index (χ1n) is 11.7. The molecule has 0 unspecified atom stereocenters. The molecular weight excluding hydrogens is 497 g/mol. The van der Waals surface area contributed by atoms with Gasteiger partial charge in [-0.05, 0) is 54.7 Å². The second-order valence-corrected chi connectivity index (χ2v) is 9.37. The SMILES string of the molecule is C[C@@H](OC(=O)Nc1c(F)cnn1-c1ccc(-c2ccc(C3(C(=O)O)CC3)cc2Cl)cc1)c1ccccc1. The van der Waals surface area contributed by atoms with Gasteiger partial charge in [-0.15, -0.1) is 0 Å². The van der Waals surface area contributed by atoms with Gasteiger partial charge in [0.1, 0.15) is 6.10 Å². The van der Waals surface area contributed by atoms with Gasteiger partial charge in [-0.25, -0.2) is 13.9 Å². The lowest BCUT2D eigenvalue weighted by Crippen LogP contribution is -2.19. The van der Waals surface area contributed by atoms with Crippen LogP contribution in [0.3, 0.4) is 0 Å². The van der Waals surface area contributed by atoms with Gasteiger partial charge in [-0.2, -0.15) is 5.10 Å². The van der Waals surface area contributed by atoms with Gasteiger partial charge in [0.15, 0.2) is 11.6 Å². The van der Waals surface area contributed by atoms with Crippen LogP contribution in [-0.2, 0) is 14.9 Å². The second kappa shape index (κ2) is 9.71. The first kappa shape index (κ1) is 24.5. The molecule has 0 spiro atoms. The first-order valence-corrected chi connectivity index (χ1v) is 12.1. The van der Waals surface area contributed by atoms with Crippen molar-refractivity contribution >= 4 is 29.5 Å². The Hall–Kier alpha value is -4.17. The fourth-order valence-electron chi connectivity index (χ4n) is 4.30. The minimum Gasteiger partial charge on any atom is -0.481 e. The number of benzene rings is 3. The molecule has 5 rings (SSSR count). The smallest absolute Gasteiger partial charge is 0.413 e. The number of hydrogen-bond acceptors (Lipinski definition) is 4. The third-order valence-corrected chi connectivity index (χ3v) is 6.91. The summed E-state index contributed by atoms with van der Waals surface area (Å²) in [6.07, 6.45) is 0.872. The Labute approximate surface area is 217 Å². The Kier molecular flexibility index (Phi) is 6.43. The fourth-order valence-corrected chi connectivity index (χ4v) is 4.59. The van der Waals surface area contributed by atoms with Crippen molar-refractivity contribution in [3.63, 3.8) is 0 Å². The zero-order valence-corrected chi connectivity index (χ0v) is 20.6. The molecule has 1 amide bonds. The van der Waals surface area contributed by atoms with Gasteiger partial charge < -0.3 is 9.84 Å². The maximum absolute atomic E-state index is 14.5. The molecule has 1 aliphatic carbocycles. The van der Waals surface area contributed by atoms with Gasteiger partial charge >= 0.3 is 12.1 Å². The minimum absolute atomic E-state index is 0.149.